The molecule has 15 heteroatoms. The maximum atomic E-state index is 14.1. The fourth-order valence-electron chi connectivity index (χ4n) is 4.17. The van der Waals surface area contributed by atoms with Gasteiger partial charge in [-0.05, 0) is 43.7 Å². The van der Waals surface area contributed by atoms with Crippen LogP contribution in [0.4, 0.5) is 29.2 Å². The Bertz CT molecular complexity index is 1460. The van der Waals surface area contributed by atoms with Gasteiger partial charge in [-0.3, -0.25) is 19.0 Å². The summed E-state index contributed by atoms with van der Waals surface area (Å²) < 4.78 is 56.9. The molecule has 0 spiro atoms. The van der Waals surface area contributed by atoms with Gasteiger partial charge in [-0.1, -0.05) is 35.3 Å². The van der Waals surface area contributed by atoms with Gasteiger partial charge in [0.15, 0.2) is 5.82 Å². The van der Waals surface area contributed by atoms with Crippen LogP contribution >= 0.6 is 23.2 Å². The number of nitrogens with one attached hydrogen (secondary N) is 1. The molecule has 0 aliphatic carbocycles. The first-order valence-electron chi connectivity index (χ1n) is 11.1. The van der Waals surface area contributed by atoms with Crippen LogP contribution in [0, 0.1) is 5.82 Å². The van der Waals surface area contributed by atoms with E-state index in [4.69, 9.17) is 23.2 Å². The molecular weight excluding hydrogens is 571 g/mol. The van der Waals surface area contributed by atoms with E-state index in [-0.39, 0.29) is 33.8 Å². The van der Waals surface area contributed by atoms with Crippen LogP contribution in [-0.2, 0) is 21.5 Å². The number of ether oxygens (including phenoxy) is 1. The maximum Gasteiger partial charge on any atom is 0.573 e. The lowest BCUT2D eigenvalue weighted by atomic mass is 9.91. The van der Waals surface area contributed by atoms with Crippen LogP contribution in [0.15, 0.2) is 42.6 Å². The number of hydrogen-bond donors (Lipinski definition) is 2. The van der Waals surface area contributed by atoms with E-state index in [0.29, 0.717) is 5.56 Å². The zero-order valence-corrected chi connectivity index (χ0v) is 21.5. The number of rotatable bonds is 7. The molecule has 2 heterocycles. The standard InChI is InChI=1S/C24H18Cl2F4N4O5/c1-11(20(36)37)32-19(35)17-10-31-22-33(13-7-15(25)18(27)16(26)8-13)21(38)23(2,34(17)22)9-12-3-5-14(6-4-12)39-24(28,29)30/h3-8,10-11H,9H2,1-2H3,(H,32,35)(H,36,37). The molecule has 39 heavy (non-hydrogen) atoms. The predicted molar refractivity (Wildman–Crippen MR) is 131 cm³/mol. The minimum Gasteiger partial charge on any atom is -0.480 e. The second kappa shape index (κ2) is 10.0. The van der Waals surface area contributed by atoms with Crippen molar-refractivity contribution in [2.75, 3.05) is 4.90 Å². The third-order valence-corrected chi connectivity index (χ3v) is 6.53. The molecule has 0 saturated heterocycles. The van der Waals surface area contributed by atoms with Gasteiger partial charge in [-0.2, -0.15) is 0 Å². The zero-order chi connectivity index (χ0) is 28.9. The van der Waals surface area contributed by atoms with Crippen molar-refractivity contribution in [3.8, 4) is 5.75 Å². The highest BCUT2D eigenvalue weighted by molar-refractivity contribution is 6.35. The Labute approximate surface area is 227 Å². The SMILES string of the molecule is CC(NC(=O)c1cnc2n1C(C)(Cc1ccc(OC(F)(F)F)cc1)C(=O)N2c1cc(Cl)c(F)c(Cl)c1)C(=O)O. The highest BCUT2D eigenvalue weighted by Crippen LogP contribution is 2.44. The predicted octanol–water partition coefficient (Wildman–Crippen LogP) is 5.07. The lowest BCUT2D eigenvalue weighted by Gasteiger charge is -2.27. The number of carboxylic acid groups (broad SMARTS) is 1. The van der Waals surface area contributed by atoms with E-state index in [0.717, 1.165) is 35.4 Å². The Morgan fingerprint density at radius 1 is 1.18 bits per heavy atom. The van der Waals surface area contributed by atoms with Crippen molar-refractivity contribution in [3.63, 3.8) is 0 Å². The van der Waals surface area contributed by atoms with Gasteiger partial charge < -0.3 is 15.2 Å². The first-order chi connectivity index (χ1) is 18.1. The largest absolute Gasteiger partial charge is 0.573 e. The van der Waals surface area contributed by atoms with Gasteiger partial charge in [-0.15, -0.1) is 13.2 Å². The number of carboxylic acids is 1. The number of carbonyl (C=O) groups is 3. The summed E-state index contributed by atoms with van der Waals surface area (Å²) in [7, 11) is 0. The molecule has 1 aliphatic rings. The summed E-state index contributed by atoms with van der Waals surface area (Å²) >= 11 is 11.9. The third kappa shape index (κ3) is 5.36. The highest BCUT2D eigenvalue weighted by atomic mass is 35.5. The number of nitrogens with zero attached hydrogens (tertiary/aromatic N) is 3. The molecule has 2 atom stereocenters. The number of carbonyl (C=O) groups excluding carboxylic acids is 2. The molecule has 1 aliphatic heterocycles. The average molecular weight is 589 g/mol. The van der Waals surface area contributed by atoms with Crippen LogP contribution in [0.5, 0.6) is 5.75 Å². The summed E-state index contributed by atoms with van der Waals surface area (Å²) in [5.41, 5.74) is -1.35. The van der Waals surface area contributed by atoms with Crippen molar-refractivity contribution in [1.29, 1.82) is 0 Å². The van der Waals surface area contributed by atoms with Gasteiger partial charge in [0.25, 0.3) is 11.8 Å². The van der Waals surface area contributed by atoms with Crippen molar-refractivity contribution in [2.45, 2.75) is 38.2 Å². The molecule has 2 aromatic carbocycles. The average Bonchev–Trinajstić information content (AvgIpc) is 3.36. The molecule has 0 saturated carbocycles. The number of halogens is 6. The van der Waals surface area contributed by atoms with E-state index < -0.39 is 47.3 Å². The summed E-state index contributed by atoms with van der Waals surface area (Å²) in [5, 5.41) is 10.7. The van der Waals surface area contributed by atoms with Crippen molar-refractivity contribution in [1.82, 2.24) is 14.9 Å². The van der Waals surface area contributed by atoms with E-state index >= 15 is 0 Å². The quantitative estimate of drug-likeness (QED) is 0.294. The van der Waals surface area contributed by atoms with Crippen LogP contribution in [-0.4, -0.2) is 44.8 Å². The molecule has 3 aromatic rings. The molecule has 206 valence electrons. The summed E-state index contributed by atoms with van der Waals surface area (Å²) in [6.45, 7) is 2.70. The van der Waals surface area contributed by atoms with Crippen LogP contribution in [0.3, 0.4) is 0 Å². The van der Waals surface area contributed by atoms with Crippen LogP contribution < -0.4 is 15.0 Å². The van der Waals surface area contributed by atoms with Gasteiger partial charge in [-0.25, -0.2) is 14.3 Å². The molecule has 0 radical (unpaired) electrons. The number of hydrogen-bond acceptors (Lipinski definition) is 5. The fourth-order valence-corrected chi connectivity index (χ4v) is 4.65. The lowest BCUT2D eigenvalue weighted by Crippen LogP contribution is -2.44. The second-order valence-electron chi connectivity index (χ2n) is 8.82. The smallest absolute Gasteiger partial charge is 0.480 e. The molecule has 2 unspecified atom stereocenters. The number of aromatic nitrogens is 2. The van der Waals surface area contributed by atoms with Crippen LogP contribution in [0.2, 0.25) is 10.0 Å². The van der Waals surface area contributed by atoms with Gasteiger partial charge in [0, 0.05) is 6.42 Å². The Morgan fingerprint density at radius 3 is 2.31 bits per heavy atom. The number of alkyl halides is 3. The minimum absolute atomic E-state index is 0.0340. The number of amides is 2. The Kier molecular flexibility index (Phi) is 7.25. The summed E-state index contributed by atoms with van der Waals surface area (Å²) in [5.74, 6) is -4.27. The fraction of sp³-hybridized carbons (Fsp3) is 0.250. The van der Waals surface area contributed by atoms with Crippen LogP contribution in [0.1, 0.15) is 29.9 Å². The highest BCUT2D eigenvalue weighted by Gasteiger charge is 2.51. The van der Waals surface area contributed by atoms with Crippen molar-refractivity contribution in [3.05, 3.63) is 69.7 Å². The molecule has 4 rings (SSSR count). The van der Waals surface area contributed by atoms with Crippen molar-refractivity contribution >= 4 is 52.6 Å². The Hall–Kier alpha value is -3.84. The number of aliphatic carboxylic acids is 1. The molecule has 0 fully saturated rings. The molecule has 2 N–H and O–H groups in total. The van der Waals surface area contributed by atoms with Gasteiger partial charge in [0.05, 0.1) is 21.9 Å². The van der Waals surface area contributed by atoms with E-state index in [2.05, 4.69) is 15.0 Å². The first-order valence-corrected chi connectivity index (χ1v) is 11.8. The zero-order valence-electron chi connectivity index (χ0n) is 20.0. The van der Waals surface area contributed by atoms with Gasteiger partial charge >= 0.3 is 12.3 Å². The molecule has 0 bridgehead atoms. The molecule has 2 amide bonds. The maximum absolute atomic E-state index is 14.1. The summed E-state index contributed by atoms with van der Waals surface area (Å²) in [6.07, 6.45) is -3.91. The first kappa shape index (κ1) is 28.2. The van der Waals surface area contributed by atoms with Crippen molar-refractivity contribution in [2.24, 2.45) is 0 Å². The summed E-state index contributed by atoms with van der Waals surface area (Å²) in [6, 6.07) is 5.77. The Morgan fingerprint density at radius 2 is 1.77 bits per heavy atom. The summed E-state index contributed by atoms with van der Waals surface area (Å²) in [4.78, 5) is 43.4. The lowest BCUT2D eigenvalue weighted by molar-refractivity contribution is -0.274. The van der Waals surface area contributed by atoms with E-state index in [1.807, 2.05) is 0 Å². The number of anilines is 2. The normalized spacial score (nSPS) is 17.6. The number of benzene rings is 2. The van der Waals surface area contributed by atoms with Gasteiger partial charge in [0.2, 0.25) is 5.95 Å². The van der Waals surface area contributed by atoms with Crippen molar-refractivity contribution < 1.29 is 41.8 Å². The third-order valence-electron chi connectivity index (χ3n) is 5.98. The second-order valence-corrected chi connectivity index (χ2v) is 9.63. The van der Waals surface area contributed by atoms with Crippen LogP contribution in [0.25, 0.3) is 0 Å². The number of fused-ring (bicyclic) bond motifs is 1. The number of imidazole rings is 1. The monoisotopic (exact) mass is 588 g/mol. The topological polar surface area (TPSA) is 114 Å². The van der Waals surface area contributed by atoms with Gasteiger partial charge in [0.1, 0.15) is 23.0 Å². The molecule has 9 nitrogen and oxygen atoms in total. The molecule has 1 aromatic heterocycles. The van der Waals surface area contributed by atoms with E-state index in [9.17, 15) is 37.1 Å². The molecular formula is C24H18Cl2F4N4O5. The van der Waals surface area contributed by atoms with E-state index in [1.54, 1.807) is 0 Å². The Balaban J connectivity index is 1.80. The minimum atomic E-state index is -4.89. The van der Waals surface area contributed by atoms with E-state index in [1.165, 1.54) is 30.5 Å².